The van der Waals surface area contributed by atoms with Crippen molar-refractivity contribution in [2.45, 2.75) is 18.1 Å². The van der Waals surface area contributed by atoms with E-state index in [1.165, 1.54) is 12.4 Å². The first-order valence-corrected chi connectivity index (χ1v) is 7.85. The van der Waals surface area contributed by atoms with Crippen molar-refractivity contribution in [3.8, 4) is 0 Å². The minimum Gasteiger partial charge on any atom is -0.378 e. The summed E-state index contributed by atoms with van der Waals surface area (Å²) in [4.78, 5) is 20.6. The number of hydrogen-bond acceptors (Lipinski definition) is 5. The maximum absolute atomic E-state index is 13.2. The number of urea groups is 1. The Labute approximate surface area is 150 Å². The number of anilines is 1. The Kier molecular flexibility index (Phi) is 4.76. The van der Waals surface area contributed by atoms with Crippen LogP contribution in [0.1, 0.15) is 17.9 Å². The molecule has 1 saturated heterocycles. The summed E-state index contributed by atoms with van der Waals surface area (Å²) >= 11 is 5.74. The number of nitrogens with one attached hydrogen (secondary N) is 2. The molecule has 12 heteroatoms. The van der Waals surface area contributed by atoms with E-state index in [2.05, 4.69) is 25.7 Å². The molecule has 1 atom stereocenters. The average molecular weight is 391 g/mol. The van der Waals surface area contributed by atoms with Gasteiger partial charge >= 0.3 is 12.2 Å². The Morgan fingerprint density at radius 3 is 2.65 bits per heavy atom. The van der Waals surface area contributed by atoms with E-state index < -0.39 is 34.3 Å². The molecule has 8 nitrogen and oxygen atoms in total. The number of ether oxygens (including phenoxy) is 1. The number of carbonyl (C=O) groups is 1. The van der Waals surface area contributed by atoms with Gasteiger partial charge in [0, 0.05) is 32.5 Å². The molecule has 26 heavy (non-hydrogen) atoms. The van der Waals surface area contributed by atoms with Crippen molar-refractivity contribution in [1.82, 2.24) is 25.1 Å². The lowest BCUT2D eigenvalue weighted by Crippen LogP contribution is -2.49. The molecule has 2 amide bonds. The molecule has 3 heterocycles. The zero-order chi connectivity index (χ0) is 18.9. The number of hydrogen-bond donors (Lipinski definition) is 2. The summed E-state index contributed by atoms with van der Waals surface area (Å²) in [5.74, 6) is 0.306. The summed E-state index contributed by atoms with van der Waals surface area (Å²) in [6.45, 7) is 0.442. The predicted molar refractivity (Wildman–Crippen MR) is 84.5 cm³/mol. The van der Waals surface area contributed by atoms with Crippen LogP contribution in [-0.4, -0.2) is 39.0 Å². The van der Waals surface area contributed by atoms with Gasteiger partial charge in [-0.25, -0.2) is 14.8 Å². The fourth-order valence-corrected chi connectivity index (χ4v) is 2.98. The molecular weight excluding hydrogens is 377 g/mol. The molecular formula is C14H14ClF3N6O2. The van der Waals surface area contributed by atoms with Gasteiger partial charge in [0.1, 0.15) is 11.2 Å². The predicted octanol–water partition coefficient (Wildman–Crippen LogP) is 2.32. The molecule has 1 fully saturated rings. The summed E-state index contributed by atoms with van der Waals surface area (Å²) in [6.07, 6.45) is -1.37. The van der Waals surface area contributed by atoms with Gasteiger partial charge in [0.2, 0.25) is 0 Å². The Morgan fingerprint density at radius 2 is 2.08 bits per heavy atom. The molecule has 0 radical (unpaired) electrons. The molecule has 1 unspecified atom stereocenters. The number of carbonyl (C=O) groups excluding carboxylic acids is 1. The number of rotatable bonds is 3. The van der Waals surface area contributed by atoms with E-state index in [1.807, 2.05) is 0 Å². The standard InChI is InChI=1S/C14H14ClF3N6O2/c1-24-9(14(16,17)18)8(10(15)23-24)21-12(25)22-13(3-6-26-7-13)11-19-4-2-5-20-11/h2,4-5H,3,6-7H2,1H3,(H2,21,22,25). The van der Waals surface area contributed by atoms with Crippen LogP contribution in [0, 0.1) is 0 Å². The minimum atomic E-state index is -4.74. The van der Waals surface area contributed by atoms with Crippen LogP contribution in [0.5, 0.6) is 0 Å². The summed E-state index contributed by atoms with van der Waals surface area (Å²) < 4.78 is 45.4. The molecule has 0 aromatic carbocycles. The van der Waals surface area contributed by atoms with Gasteiger partial charge in [0.25, 0.3) is 0 Å². The largest absolute Gasteiger partial charge is 0.435 e. The highest BCUT2D eigenvalue weighted by Gasteiger charge is 2.43. The van der Waals surface area contributed by atoms with Crippen LogP contribution in [0.3, 0.4) is 0 Å². The number of nitrogens with zero attached hydrogens (tertiary/aromatic N) is 4. The van der Waals surface area contributed by atoms with Gasteiger partial charge in [-0.2, -0.15) is 18.3 Å². The van der Waals surface area contributed by atoms with E-state index in [4.69, 9.17) is 16.3 Å². The van der Waals surface area contributed by atoms with Gasteiger partial charge in [-0.05, 0) is 6.07 Å². The second kappa shape index (κ2) is 6.72. The van der Waals surface area contributed by atoms with Gasteiger partial charge < -0.3 is 15.4 Å². The van der Waals surface area contributed by atoms with Gasteiger partial charge in [-0.1, -0.05) is 11.6 Å². The zero-order valence-corrected chi connectivity index (χ0v) is 14.2. The summed E-state index contributed by atoms with van der Waals surface area (Å²) in [5, 5.41) is 7.78. The lowest BCUT2D eigenvalue weighted by atomic mass is 9.97. The molecule has 2 aromatic rings. The molecule has 1 aliphatic heterocycles. The Morgan fingerprint density at radius 1 is 1.38 bits per heavy atom. The second-order valence-corrected chi connectivity index (χ2v) is 6.03. The summed E-state index contributed by atoms with van der Waals surface area (Å²) in [5.41, 5.74) is -2.83. The van der Waals surface area contributed by atoms with Crippen LogP contribution in [0.25, 0.3) is 0 Å². The third-order valence-electron chi connectivity index (χ3n) is 3.88. The molecule has 140 valence electrons. The number of aromatic nitrogens is 4. The molecule has 1 aliphatic rings. The van der Waals surface area contributed by atoms with Crippen LogP contribution in [0.4, 0.5) is 23.7 Å². The lowest BCUT2D eigenvalue weighted by molar-refractivity contribution is -0.143. The maximum atomic E-state index is 13.2. The van der Waals surface area contributed by atoms with Gasteiger partial charge in [0.05, 0.1) is 6.61 Å². The first-order chi connectivity index (χ1) is 12.2. The molecule has 0 aliphatic carbocycles. The van der Waals surface area contributed by atoms with E-state index in [9.17, 15) is 18.0 Å². The number of halogens is 4. The molecule has 2 N–H and O–H groups in total. The molecule has 3 rings (SSSR count). The lowest BCUT2D eigenvalue weighted by Gasteiger charge is -2.27. The number of amides is 2. The quantitative estimate of drug-likeness (QED) is 0.838. The zero-order valence-electron chi connectivity index (χ0n) is 13.5. The van der Waals surface area contributed by atoms with Crippen molar-refractivity contribution in [2.24, 2.45) is 7.05 Å². The number of aryl methyl sites for hydroxylation is 1. The fourth-order valence-electron chi connectivity index (χ4n) is 2.73. The SMILES string of the molecule is Cn1nc(Cl)c(NC(=O)NC2(c3ncccn3)CCOC2)c1C(F)(F)F. The van der Waals surface area contributed by atoms with E-state index in [0.29, 0.717) is 23.5 Å². The Bertz CT molecular complexity index is 805. The Balaban J connectivity index is 1.85. The normalized spacial score (nSPS) is 20.2. The van der Waals surface area contributed by atoms with Crippen LogP contribution in [0.2, 0.25) is 5.15 Å². The van der Waals surface area contributed by atoms with Gasteiger partial charge in [-0.15, -0.1) is 0 Å². The second-order valence-electron chi connectivity index (χ2n) is 5.67. The highest BCUT2D eigenvalue weighted by Crippen LogP contribution is 2.38. The molecule has 2 aromatic heterocycles. The van der Waals surface area contributed by atoms with E-state index in [0.717, 1.165) is 7.05 Å². The third kappa shape index (κ3) is 3.44. The molecule has 0 saturated carbocycles. The monoisotopic (exact) mass is 390 g/mol. The highest BCUT2D eigenvalue weighted by molar-refractivity contribution is 6.32. The fraction of sp³-hybridized carbons (Fsp3) is 0.429. The number of alkyl halides is 3. The van der Waals surface area contributed by atoms with Crippen molar-refractivity contribution < 1.29 is 22.7 Å². The average Bonchev–Trinajstić information content (AvgIpc) is 3.13. The van der Waals surface area contributed by atoms with Crippen LogP contribution < -0.4 is 10.6 Å². The van der Waals surface area contributed by atoms with Crippen molar-refractivity contribution in [2.75, 3.05) is 18.5 Å². The molecule has 0 bridgehead atoms. The van der Waals surface area contributed by atoms with E-state index in [-0.39, 0.29) is 6.61 Å². The van der Waals surface area contributed by atoms with E-state index in [1.54, 1.807) is 6.07 Å². The topological polar surface area (TPSA) is 94.0 Å². The van der Waals surface area contributed by atoms with Crippen LogP contribution in [0.15, 0.2) is 18.5 Å². The molecule has 0 spiro atoms. The van der Waals surface area contributed by atoms with Crippen molar-refractivity contribution >= 4 is 23.3 Å². The summed E-state index contributed by atoms with van der Waals surface area (Å²) in [6, 6.07) is 0.710. The van der Waals surface area contributed by atoms with Crippen LogP contribution >= 0.6 is 11.6 Å². The minimum absolute atomic E-state index is 0.0946. The smallest absolute Gasteiger partial charge is 0.378 e. The van der Waals surface area contributed by atoms with Crippen molar-refractivity contribution in [3.05, 3.63) is 35.1 Å². The third-order valence-corrected chi connectivity index (χ3v) is 4.14. The Hall–Kier alpha value is -2.40. The first kappa shape index (κ1) is 18.4. The highest BCUT2D eigenvalue weighted by atomic mass is 35.5. The van der Waals surface area contributed by atoms with Crippen LogP contribution in [-0.2, 0) is 23.5 Å². The van der Waals surface area contributed by atoms with E-state index >= 15 is 0 Å². The van der Waals surface area contributed by atoms with Gasteiger partial charge in [0.15, 0.2) is 16.7 Å². The van der Waals surface area contributed by atoms with Crippen molar-refractivity contribution in [1.29, 1.82) is 0 Å². The summed E-state index contributed by atoms with van der Waals surface area (Å²) in [7, 11) is 1.09. The van der Waals surface area contributed by atoms with Gasteiger partial charge in [-0.3, -0.25) is 4.68 Å². The maximum Gasteiger partial charge on any atom is 0.435 e. The first-order valence-electron chi connectivity index (χ1n) is 7.47. The van der Waals surface area contributed by atoms with Crippen molar-refractivity contribution in [3.63, 3.8) is 0 Å².